The van der Waals surface area contributed by atoms with E-state index in [9.17, 15) is 0 Å². The molecule has 0 spiro atoms. The Labute approximate surface area is 86.9 Å². The van der Waals surface area contributed by atoms with Crippen LogP contribution in [0.3, 0.4) is 0 Å². The first-order valence-electron chi connectivity index (χ1n) is 4.04. The minimum atomic E-state index is -0.105. The highest BCUT2D eigenvalue weighted by molar-refractivity contribution is 7.98. The molecule has 0 aliphatic heterocycles. The van der Waals surface area contributed by atoms with E-state index in [4.69, 9.17) is 11.5 Å². The summed E-state index contributed by atoms with van der Waals surface area (Å²) in [5.41, 5.74) is 12.3. The molecule has 1 aromatic rings. The second kappa shape index (κ2) is 4.30. The Morgan fingerprint density at radius 3 is 2.77 bits per heavy atom. The van der Waals surface area contributed by atoms with Crippen LogP contribution in [0, 0.1) is 0 Å². The van der Waals surface area contributed by atoms with Crippen molar-refractivity contribution < 1.29 is 0 Å². The summed E-state index contributed by atoms with van der Waals surface area (Å²) < 4.78 is 0. The van der Waals surface area contributed by atoms with Crippen molar-refractivity contribution in [1.82, 2.24) is 4.98 Å². The quantitative estimate of drug-likeness (QED) is 0.805. The van der Waals surface area contributed by atoms with Gasteiger partial charge in [0.1, 0.15) is 0 Å². The molecule has 0 aliphatic carbocycles. The second-order valence-electron chi connectivity index (χ2n) is 3.66. The van der Waals surface area contributed by atoms with Crippen LogP contribution in [0.4, 0.5) is 5.13 Å². The lowest BCUT2D eigenvalue weighted by Gasteiger charge is -2.16. The average Bonchev–Trinajstić information content (AvgIpc) is 2.33. The Balaban J connectivity index is 2.28. The summed E-state index contributed by atoms with van der Waals surface area (Å²) >= 11 is 3.27. The Morgan fingerprint density at radius 2 is 2.31 bits per heavy atom. The molecule has 0 aromatic carbocycles. The summed E-state index contributed by atoms with van der Waals surface area (Å²) in [4.78, 5) is 4.16. The van der Waals surface area contributed by atoms with E-state index in [-0.39, 0.29) is 5.54 Å². The summed E-state index contributed by atoms with van der Waals surface area (Å²) in [5, 5.41) is 2.63. The third-order valence-corrected chi connectivity index (χ3v) is 3.46. The van der Waals surface area contributed by atoms with E-state index in [1.54, 1.807) is 11.8 Å². The molecular formula is C8H15N3S2. The van der Waals surface area contributed by atoms with Gasteiger partial charge in [0, 0.05) is 22.4 Å². The van der Waals surface area contributed by atoms with Crippen LogP contribution in [0.5, 0.6) is 0 Å². The highest BCUT2D eigenvalue weighted by Gasteiger charge is 2.10. The van der Waals surface area contributed by atoms with Gasteiger partial charge in [-0.05, 0) is 13.8 Å². The molecule has 0 aliphatic rings. The van der Waals surface area contributed by atoms with Gasteiger partial charge in [-0.2, -0.15) is 11.8 Å². The maximum absolute atomic E-state index is 5.84. The Bertz CT molecular complexity index is 265. The topological polar surface area (TPSA) is 64.9 Å². The zero-order valence-electron chi connectivity index (χ0n) is 7.91. The Hall–Kier alpha value is -0.260. The molecule has 1 rings (SSSR count). The van der Waals surface area contributed by atoms with E-state index < -0.39 is 0 Å². The summed E-state index contributed by atoms with van der Waals surface area (Å²) in [6.07, 6.45) is 0. The van der Waals surface area contributed by atoms with Crippen LogP contribution in [-0.2, 0) is 5.75 Å². The molecule has 1 aromatic heterocycles. The van der Waals surface area contributed by atoms with Crippen molar-refractivity contribution >= 4 is 28.2 Å². The first kappa shape index (κ1) is 10.8. The van der Waals surface area contributed by atoms with Crippen molar-refractivity contribution in [3.8, 4) is 0 Å². The average molecular weight is 217 g/mol. The number of thiazole rings is 1. The molecule has 74 valence electrons. The number of nitrogens with zero attached hydrogens (tertiary/aromatic N) is 1. The third-order valence-electron chi connectivity index (χ3n) is 1.29. The van der Waals surface area contributed by atoms with Gasteiger partial charge in [0.25, 0.3) is 0 Å². The number of thioether (sulfide) groups is 1. The van der Waals surface area contributed by atoms with Crippen molar-refractivity contribution in [3.05, 3.63) is 11.1 Å². The molecule has 0 bridgehead atoms. The van der Waals surface area contributed by atoms with Crippen LogP contribution in [0.2, 0.25) is 0 Å². The van der Waals surface area contributed by atoms with Gasteiger partial charge in [0.2, 0.25) is 0 Å². The molecule has 5 heteroatoms. The lowest BCUT2D eigenvalue weighted by atomic mass is 10.1. The molecule has 0 saturated carbocycles. The lowest BCUT2D eigenvalue weighted by molar-refractivity contribution is 0.591. The third kappa shape index (κ3) is 4.50. The Kier molecular flexibility index (Phi) is 3.58. The fourth-order valence-corrected chi connectivity index (χ4v) is 2.46. The molecule has 0 saturated heterocycles. The lowest BCUT2D eigenvalue weighted by Crippen LogP contribution is -2.34. The van der Waals surface area contributed by atoms with E-state index in [0.717, 1.165) is 17.2 Å². The number of anilines is 1. The summed E-state index contributed by atoms with van der Waals surface area (Å²) in [6, 6.07) is 0. The minimum absolute atomic E-state index is 0.105. The first-order valence-corrected chi connectivity index (χ1v) is 6.07. The van der Waals surface area contributed by atoms with E-state index >= 15 is 0 Å². The standard InChI is InChI=1S/C8H15N3S2/c1-8(2,10)5-12-3-6-4-13-7(9)11-6/h4H,3,5,10H2,1-2H3,(H2,9,11). The van der Waals surface area contributed by atoms with Gasteiger partial charge in [-0.1, -0.05) is 0 Å². The first-order chi connectivity index (χ1) is 5.97. The number of nitrogen functional groups attached to an aromatic ring is 1. The van der Waals surface area contributed by atoms with Gasteiger partial charge in [-0.25, -0.2) is 4.98 Å². The van der Waals surface area contributed by atoms with Gasteiger partial charge in [-0.15, -0.1) is 11.3 Å². The van der Waals surface area contributed by atoms with E-state index in [1.165, 1.54) is 11.3 Å². The van der Waals surface area contributed by atoms with E-state index in [2.05, 4.69) is 4.98 Å². The largest absolute Gasteiger partial charge is 0.375 e. The SMILES string of the molecule is CC(C)(N)CSCc1csc(N)n1. The molecule has 3 nitrogen and oxygen atoms in total. The van der Waals surface area contributed by atoms with E-state index in [1.807, 2.05) is 19.2 Å². The monoisotopic (exact) mass is 217 g/mol. The predicted octanol–water partition coefficient (Wildman–Crippen LogP) is 1.70. The maximum Gasteiger partial charge on any atom is 0.180 e. The highest BCUT2D eigenvalue weighted by atomic mass is 32.2. The van der Waals surface area contributed by atoms with Crippen molar-refractivity contribution in [1.29, 1.82) is 0 Å². The number of aromatic nitrogens is 1. The van der Waals surface area contributed by atoms with Crippen LogP contribution in [0.1, 0.15) is 19.5 Å². The number of nitrogens with two attached hydrogens (primary N) is 2. The highest BCUT2D eigenvalue weighted by Crippen LogP contribution is 2.19. The second-order valence-corrected chi connectivity index (χ2v) is 5.53. The van der Waals surface area contributed by atoms with Crippen molar-refractivity contribution in [2.75, 3.05) is 11.5 Å². The predicted molar refractivity (Wildman–Crippen MR) is 61.0 cm³/mol. The number of hydrogen-bond donors (Lipinski definition) is 2. The Morgan fingerprint density at radius 1 is 1.62 bits per heavy atom. The van der Waals surface area contributed by atoms with Crippen molar-refractivity contribution in [2.24, 2.45) is 5.73 Å². The number of rotatable bonds is 4. The van der Waals surface area contributed by atoms with Crippen LogP contribution in [0.25, 0.3) is 0 Å². The molecule has 1 heterocycles. The molecule has 0 unspecified atom stereocenters. The summed E-state index contributed by atoms with van der Waals surface area (Å²) in [5.74, 6) is 1.83. The minimum Gasteiger partial charge on any atom is -0.375 e. The smallest absolute Gasteiger partial charge is 0.180 e. The molecule has 0 amide bonds. The van der Waals surface area contributed by atoms with Crippen molar-refractivity contribution in [2.45, 2.75) is 25.1 Å². The van der Waals surface area contributed by atoms with Crippen LogP contribution >= 0.6 is 23.1 Å². The molecule has 0 radical (unpaired) electrons. The molecule has 0 fully saturated rings. The number of hydrogen-bond acceptors (Lipinski definition) is 5. The maximum atomic E-state index is 5.84. The van der Waals surface area contributed by atoms with Gasteiger partial charge in [0.05, 0.1) is 5.69 Å². The zero-order valence-corrected chi connectivity index (χ0v) is 9.54. The van der Waals surface area contributed by atoms with Crippen LogP contribution in [-0.4, -0.2) is 16.3 Å². The van der Waals surface area contributed by atoms with Crippen LogP contribution in [0.15, 0.2) is 5.38 Å². The zero-order chi connectivity index (χ0) is 9.90. The van der Waals surface area contributed by atoms with Gasteiger partial charge < -0.3 is 11.5 Å². The van der Waals surface area contributed by atoms with Crippen molar-refractivity contribution in [3.63, 3.8) is 0 Å². The van der Waals surface area contributed by atoms with Crippen LogP contribution < -0.4 is 11.5 Å². The molecule has 0 atom stereocenters. The molecule has 4 N–H and O–H groups in total. The normalized spacial score (nSPS) is 11.9. The van der Waals surface area contributed by atoms with Gasteiger partial charge >= 0.3 is 0 Å². The fourth-order valence-electron chi connectivity index (χ4n) is 0.808. The van der Waals surface area contributed by atoms with Gasteiger partial charge in [0.15, 0.2) is 5.13 Å². The summed E-state index contributed by atoms with van der Waals surface area (Å²) in [7, 11) is 0. The molecular weight excluding hydrogens is 202 g/mol. The summed E-state index contributed by atoms with van der Waals surface area (Å²) in [6.45, 7) is 4.05. The molecule has 13 heavy (non-hydrogen) atoms. The van der Waals surface area contributed by atoms with E-state index in [0.29, 0.717) is 5.13 Å². The van der Waals surface area contributed by atoms with Gasteiger partial charge in [-0.3, -0.25) is 0 Å². The fraction of sp³-hybridized carbons (Fsp3) is 0.625.